The van der Waals surface area contributed by atoms with Crippen LogP contribution in [0.1, 0.15) is 13.3 Å². The Labute approximate surface area is 92.3 Å². The maximum absolute atomic E-state index is 11.9. The molecule has 1 rings (SSSR count). The molecule has 2 N–H and O–H groups in total. The molecule has 0 aromatic carbocycles. The van der Waals surface area contributed by atoms with Crippen molar-refractivity contribution in [3.05, 3.63) is 0 Å². The third-order valence-corrected chi connectivity index (χ3v) is 4.84. The normalized spacial score (nSPS) is 25.7. The minimum Gasteiger partial charge on any atom is -0.329 e. The average molecular weight is 235 g/mol. The molecule has 1 heterocycles. The molecule has 15 heavy (non-hydrogen) atoms. The first kappa shape index (κ1) is 12.9. The van der Waals surface area contributed by atoms with Crippen LogP contribution >= 0.6 is 0 Å². The van der Waals surface area contributed by atoms with Gasteiger partial charge in [0.1, 0.15) is 0 Å². The molecular weight excluding hydrogens is 214 g/mol. The van der Waals surface area contributed by atoms with Crippen molar-refractivity contribution in [3.63, 3.8) is 0 Å². The largest absolute Gasteiger partial charge is 0.329 e. The Kier molecular flexibility index (Phi) is 4.51. The lowest BCUT2D eigenvalue weighted by atomic mass is 10.2. The lowest BCUT2D eigenvalue weighted by molar-refractivity contribution is 0.164. The van der Waals surface area contributed by atoms with E-state index in [0.29, 0.717) is 19.5 Å². The molecule has 0 saturated carbocycles. The average Bonchev–Trinajstić information content (AvgIpc) is 2.17. The lowest BCUT2D eigenvalue weighted by Gasteiger charge is -2.38. The van der Waals surface area contributed by atoms with Crippen LogP contribution in [-0.2, 0) is 10.0 Å². The van der Waals surface area contributed by atoms with E-state index in [1.54, 1.807) is 4.31 Å². The number of likely N-dealkylation sites (N-methyl/N-ethyl adjacent to an activating group) is 1. The molecule has 5 nitrogen and oxygen atoms in total. The zero-order valence-corrected chi connectivity index (χ0v) is 10.3. The maximum atomic E-state index is 11.9. The van der Waals surface area contributed by atoms with Gasteiger partial charge in [-0.2, -0.15) is 4.31 Å². The highest BCUT2D eigenvalue weighted by Gasteiger charge is 2.32. The summed E-state index contributed by atoms with van der Waals surface area (Å²) in [6.45, 7) is 4.37. The molecular formula is C9H21N3O2S. The van der Waals surface area contributed by atoms with Crippen LogP contribution in [-0.4, -0.2) is 62.6 Å². The summed E-state index contributed by atoms with van der Waals surface area (Å²) in [5.74, 6) is 0.229. The first-order valence-corrected chi connectivity index (χ1v) is 7.00. The summed E-state index contributed by atoms with van der Waals surface area (Å²) in [4.78, 5) is 2.12. The van der Waals surface area contributed by atoms with Crippen LogP contribution in [0.25, 0.3) is 0 Å². The van der Waals surface area contributed by atoms with Gasteiger partial charge < -0.3 is 10.6 Å². The van der Waals surface area contributed by atoms with Crippen LogP contribution in [0.15, 0.2) is 0 Å². The van der Waals surface area contributed by atoms with Crippen LogP contribution in [0, 0.1) is 0 Å². The first-order chi connectivity index (χ1) is 7.01. The van der Waals surface area contributed by atoms with E-state index in [2.05, 4.69) is 4.90 Å². The van der Waals surface area contributed by atoms with Gasteiger partial charge in [-0.3, -0.25) is 0 Å². The molecule has 6 heteroatoms. The number of piperazine rings is 1. The van der Waals surface area contributed by atoms with Gasteiger partial charge in [-0.1, -0.05) is 6.92 Å². The highest BCUT2D eigenvalue weighted by molar-refractivity contribution is 7.89. The zero-order chi connectivity index (χ0) is 11.5. The first-order valence-electron chi connectivity index (χ1n) is 5.39. The molecule has 1 unspecified atom stereocenters. The van der Waals surface area contributed by atoms with Crippen molar-refractivity contribution < 1.29 is 8.42 Å². The predicted molar refractivity (Wildman–Crippen MR) is 61.1 cm³/mol. The number of nitrogens with two attached hydrogens (primary N) is 1. The molecule has 0 radical (unpaired) electrons. The topological polar surface area (TPSA) is 66.6 Å². The Morgan fingerprint density at radius 1 is 1.40 bits per heavy atom. The van der Waals surface area contributed by atoms with E-state index < -0.39 is 10.0 Å². The second kappa shape index (κ2) is 5.25. The Bertz CT molecular complexity index is 292. The fraction of sp³-hybridized carbons (Fsp3) is 1.00. The van der Waals surface area contributed by atoms with Gasteiger partial charge in [0.2, 0.25) is 10.0 Å². The summed E-state index contributed by atoms with van der Waals surface area (Å²) < 4.78 is 25.4. The van der Waals surface area contributed by atoms with Crippen LogP contribution in [0.2, 0.25) is 0 Å². The van der Waals surface area contributed by atoms with E-state index in [4.69, 9.17) is 5.73 Å². The molecule has 1 atom stereocenters. The Hall–Kier alpha value is -0.170. The van der Waals surface area contributed by atoms with Crippen LogP contribution in [0.3, 0.4) is 0 Å². The quantitative estimate of drug-likeness (QED) is 0.700. The second-order valence-corrected chi connectivity index (χ2v) is 6.12. The Morgan fingerprint density at radius 2 is 2.07 bits per heavy atom. The molecule has 0 amide bonds. The number of nitrogens with zero attached hydrogens (tertiary/aromatic N) is 2. The minimum absolute atomic E-state index is 0.0553. The van der Waals surface area contributed by atoms with Gasteiger partial charge in [0.15, 0.2) is 0 Å². The maximum Gasteiger partial charge on any atom is 0.214 e. The highest BCUT2D eigenvalue weighted by atomic mass is 32.2. The fourth-order valence-electron chi connectivity index (χ4n) is 1.93. The molecule has 90 valence electrons. The summed E-state index contributed by atoms with van der Waals surface area (Å²) in [6, 6.07) is -0.0553. The summed E-state index contributed by atoms with van der Waals surface area (Å²) in [6.07, 6.45) is 0.659. The number of rotatable bonds is 4. The third kappa shape index (κ3) is 3.14. The van der Waals surface area contributed by atoms with E-state index in [-0.39, 0.29) is 11.8 Å². The SMILES string of the molecule is CCCS(=O)(=O)N1CCN(C)CC1CN. The van der Waals surface area contributed by atoms with E-state index in [1.807, 2.05) is 14.0 Å². The summed E-state index contributed by atoms with van der Waals surface area (Å²) in [5, 5.41) is 0. The zero-order valence-electron chi connectivity index (χ0n) is 9.52. The van der Waals surface area contributed by atoms with E-state index in [9.17, 15) is 8.42 Å². The van der Waals surface area contributed by atoms with Crippen molar-refractivity contribution >= 4 is 10.0 Å². The molecule has 1 fully saturated rings. The van der Waals surface area contributed by atoms with E-state index >= 15 is 0 Å². The minimum atomic E-state index is -3.09. The molecule has 0 aromatic heterocycles. The van der Waals surface area contributed by atoms with Crippen LogP contribution < -0.4 is 5.73 Å². The van der Waals surface area contributed by atoms with Gasteiger partial charge in [-0.25, -0.2) is 8.42 Å². The van der Waals surface area contributed by atoms with Gasteiger partial charge in [-0.15, -0.1) is 0 Å². The number of hydrogen-bond acceptors (Lipinski definition) is 4. The number of hydrogen-bond donors (Lipinski definition) is 1. The van der Waals surface area contributed by atoms with Gasteiger partial charge >= 0.3 is 0 Å². The van der Waals surface area contributed by atoms with Crippen molar-refractivity contribution in [2.45, 2.75) is 19.4 Å². The standard InChI is InChI=1S/C9H21N3O2S/c1-3-6-15(13,14)12-5-4-11(2)8-9(12)7-10/h9H,3-8,10H2,1-2H3. The van der Waals surface area contributed by atoms with E-state index in [1.165, 1.54) is 0 Å². The van der Waals surface area contributed by atoms with Crippen LogP contribution in [0.5, 0.6) is 0 Å². The molecule has 0 aliphatic carbocycles. The second-order valence-electron chi connectivity index (χ2n) is 4.08. The predicted octanol–water partition coefficient (Wildman–Crippen LogP) is -0.699. The number of sulfonamides is 1. The van der Waals surface area contributed by atoms with E-state index in [0.717, 1.165) is 13.1 Å². The van der Waals surface area contributed by atoms with Gasteiger partial charge in [0.05, 0.1) is 5.75 Å². The highest BCUT2D eigenvalue weighted by Crippen LogP contribution is 2.13. The Balaban J connectivity index is 2.75. The van der Waals surface area contributed by atoms with Crippen molar-refractivity contribution in [2.75, 3.05) is 39.0 Å². The lowest BCUT2D eigenvalue weighted by Crippen LogP contribution is -2.57. The summed E-state index contributed by atoms with van der Waals surface area (Å²) >= 11 is 0. The summed E-state index contributed by atoms with van der Waals surface area (Å²) in [7, 11) is -1.10. The Morgan fingerprint density at radius 3 is 2.60 bits per heavy atom. The van der Waals surface area contributed by atoms with Gasteiger partial charge in [0, 0.05) is 32.2 Å². The molecule has 0 spiro atoms. The third-order valence-electron chi connectivity index (χ3n) is 2.72. The van der Waals surface area contributed by atoms with Crippen molar-refractivity contribution in [2.24, 2.45) is 5.73 Å². The summed E-state index contributed by atoms with van der Waals surface area (Å²) in [5.41, 5.74) is 5.62. The smallest absolute Gasteiger partial charge is 0.214 e. The molecule has 0 aromatic rings. The molecule has 0 bridgehead atoms. The fourth-order valence-corrected chi connectivity index (χ4v) is 3.64. The van der Waals surface area contributed by atoms with Crippen molar-refractivity contribution in [1.82, 2.24) is 9.21 Å². The van der Waals surface area contributed by atoms with Crippen LogP contribution in [0.4, 0.5) is 0 Å². The molecule has 1 aliphatic rings. The van der Waals surface area contributed by atoms with Gasteiger partial charge in [0.25, 0.3) is 0 Å². The monoisotopic (exact) mass is 235 g/mol. The van der Waals surface area contributed by atoms with Crippen molar-refractivity contribution in [3.8, 4) is 0 Å². The molecule has 1 aliphatic heterocycles. The molecule has 1 saturated heterocycles. The van der Waals surface area contributed by atoms with Gasteiger partial charge in [-0.05, 0) is 13.5 Å². The van der Waals surface area contributed by atoms with Crippen molar-refractivity contribution in [1.29, 1.82) is 0 Å².